The fraction of sp³-hybridized carbons (Fsp3) is 0.516. The van der Waals surface area contributed by atoms with Crippen LogP contribution < -0.4 is 10.6 Å². The Kier molecular flexibility index (Phi) is 7.50. The molecule has 6 nitrogen and oxygen atoms in total. The van der Waals surface area contributed by atoms with Gasteiger partial charge in [0.25, 0.3) is 0 Å². The van der Waals surface area contributed by atoms with E-state index in [2.05, 4.69) is 12.1 Å². The molecule has 1 fully saturated rings. The molecule has 198 valence electrons. The van der Waals surface area contributed by atoms with Gasteiger partial charge in [0.05, 0.1) is 17.3 Å². The number of carbonyl (C=O) groups is 3. The van der Waals surface area contributed by atoms with E-state index in [1.165, 1.54) is 0 Å². The van der Waals surface area contributed by atoms with Gasteiger partial charge in [0.15, 0.2) is 0 Å². The summed E-state index contributed by atoms with van der Waals surface area (Å²) < 4.78 is 0. The Morgan fingerprint density at radius 2 is 1.59 bits per heavy atom. The summed E-state index contributed by atoms with van der Waals surface area (Å²) in [6.45, 7) is 11.0. The third-order valence-corrected chi connectivity index (χ3v) is 8.28. The maximum Gasteiger partial charge on any atom is 0.237 e. The first-order valence-corrected chi connectivity index (χ1v) is 13.5. The van der Waals surface area contributed by atoms with E-state index in [1.54, 1.807) is 0 Å². The molecule has 1 unspecified atom stereocenters. The topological polar surface area (TPSA) is 83.7 Å². The van der Waals surface area contributed by atoms with Crippen molar-refractivity contribution in [1.82, 2.24) is 4.90 Å². The summed E-state index contributed by atoms with van der Waals surface area (Å²) in [4.78, 5) is 43.8. The lowest BCUT2D eigenvalue weighted by molar-refractivity contribution is -0.145. The van der Waals surface area contributed by atoms with Crippen molar-refractivity contribution in [2.75, 3.05) is 18.0 Å². The summed E-state index contributed by atoms with van der Waals surface area (Å²) in [6, 6.07) is 18.1. The van der Waals surface area contributed by atoms with Crippen molar-refractivity contribution < 1.29 is 14.4 Å². The maximum atomic E-state index is 13.9. The predicted octanol–water partition coefficient (Wildman–Crippen LogP) is 4.70. The minimum Gasteiger partial charge on any atom is -0.369 e. The lowest BCUT2D eigenvalue weighted by Gasteiger charge is -2.41. The Balaban J connectivity index is 1.51. The molecule has 2 aromatic rings. The molecule has 2 atom stereocenters. The van der Waals surface area contributed by atoms with E-state index in [0.717, 1.165) is 16.8 Å². The van der Waals surface area contributed by atoms with Crippen LogP contribution >= 0.6 is 0 Å². The molecule has 0 saturated carbocycles. The molecule has 0 bridgehead atoms. The monoisotopic (exact) mass is 503 g/mol. The molecule has 6 heteroatoms. The summed E-state index contributed by atoms with van der Waals surface area (Å²) in [6.07, 6.45) is 2.70. The smallest absolute Gasteiger partial charge is 0.237 e. The first kappa shape index (κ1) is 26.9. The van der Waals surface area contributed by atoms with E-state index < -0.39 is 28.6 Å². The van der Waals surface area contributed by atoms with E-state index in [1.807, 2.05) is 86.9 Å². The summed E-state index contributed by atoms with van der Waals surface area (Å²) in [5.74, 6) is -1.34. The number of hydrogen-bond donors (Lipinski definition) is 1. The number of hydrogen-bond acceptors (Lipinski definition) is 3. The third kappa shape index (κ3) is 5.29. The third-order valence-electron chi connectivity index (χ3n) is 8.28. The van der Waals surface area contributed by atoms with Crippen molar-refractivity contribution in [1.29, 1.82) is 0 Å². The summed E-state index contributed by atoms with van der Waals surface area (Å²) in [5.41, 5.74) is 8.11. The number of anilines is 1. The van der Waals surface area contributed by atoms with Crippen LogP contribution in [-0.2, 0) is 26.2 Å². The van der Waals surface area contributed by atoms with Gasteiger partial charge in [-0.2, -0.15) is 0 Å². The van der Waals surface area contributed by atoms with Gasteiger partial charge in [0.1, 0.15) is 0 Å². The van der Waals surface area contributed by atoms with Gasteiger partial charge in [0.2, 0.25) is 17.7 Å². The van der Waals surface area contributed by atoms with Gasteiger partial charge in [-0.3, -0.25) is 14.4 Å². The van der Waals surface area contributed by atoms with Gasteiger partial charge < -0.3 is 15.5 Å². The highest BCUT2D eigenvalue weighted by Gasteiger charge is 2.47. The molecule has 4 rings (SSSR count). The number of piperidine rings is 1. The van der Waals surface area contributed by atoms with Gasteiger partial charge in [-0.25, -0.2) is 0 Å². The van der Waals surface area contributed by atoms with Crippen LogP contribution in [0.15, 0.2) is 54.6 Å². The van der Waals surface area contributed by atoms with Crippen LogP contribution in [0.4, 0.5) is 5.69 Å². The fourth-order valence-corrected chi connectivity index (χ4v) is 6.31. The number of benzene rings is 2. The average Bonchev–Trinajstić information content (AvgIpc) is 3.06. The second-order valence-electron chi connectivity index (χ2n) is 12.3. The second kappa shape index (κ2) is 10.3. The largest absolute Gasteiger partial charge is 0.369 e. The van der Waals surface area contributed by atoms with E-state index in [4.69, 9.17) is 5.73 Å². The van der Waals surface area contributed by atoms with Gasteiger partial charge in [-0.05, 0) is 62.1 Å². The van der Waals surface area contributed by atoms with Crippen molar-refractivity contribution in [2.24, 2.45) is 23.0 Å². The molecular formula is C31H41N3O3. The summed E-state index contributed by atoms with van der Waals surface area (Å²) in [7, 11) is 0. The number of rotatable bonds is 7. The Morgan fingerprint density at radius 3 is 2.19 bits per heavy atom. The summed E-state index contributed by atoms with van der Waals surface area (Å²) in [5, 5.41) is 0. The van der Waals surface area contributed by atoms with Gasteiger partial charge >= 0.3 is 0 Å². The van der Waals surface area contributed by atoms with Gasteiger partial charge in [-0.15, -0.1) is 0 Å². The first-order chi connectivity index (χ1) is 17.4. The number of likely N-dealkylation sites (tertiary alicyclic amines) is 1. The van der Waals surface area contributed by atoms with Crippen molar-refractivity contribution >= 4 is 23.4 Å². The van der Waals surface area contributed by atoms with Gasteiger partial charge in [0, 0.05) is 24.8 Å². The number of aryl methyl sites for hydroxylation is 1. The van der Waals surface area contributed by atoms with Crippen molar-refractivity contribution in [3.05, 3.63) is 65.7 Å². The lowest BCUT2D eigenvalue weighted by atomic mass is 9.70. The molecule has 1 saturated heterocycles. The van der Waals surface area contributed by atoms with Crippen LogP contribution in [0.1, 0.15) is 65.0 Å². The Bertz CT molecular complexity index is 1140. The standard InChI is InChI=1S/C31H41N3O3/c1-30(2,3)26(27(32)35)23(16-15-21-11-7-6-8-12-21)28(36)33-19-17-22(18-20-33)34-25-14-10-9-13-24(25)31(4,5)29(34)37/h6-14,22-23,26H,15-20H2,1-5H3,(H2,32,35)/t23-,26?/m0/s1. The van der Waals surface area contributed by atoms with Crippen LogP contribution in [-0.4, -0.2) is 41.8 Å². The van der Waals surface area contributed by atoms with E-state index in [0.29, 0.717) is 38.8 Å². The molecular weight excluding hydrogens is 462 g/mol. The zero-order valence-corrected chi connectivity index (χ0v) is 22.9. The van der Waals surface area contributed by atoms with Crippen LogP contribution in [0.2, 0.25) is 0 Å². The fourth-order valence-electron chi connectivity index (χ4n) is 6.31. The Labute approximate surface area is 221 Å². The predicted molar refractivity (Wildman–Crippen MR) is 147 cm³/mol. The highest BCUT2D eigenvalue weighted by molar-refractivity contribution is 6.08. The quantitative estimate of drug-likeness (QED) is 0.595. The van der Waals surface area contributed by atoms with Crippen molar-refractivity contribution in [2.45, 2.75) is 71.8 Å². The zero-order valence-electron chi connectivity index (χ0n) is 22.9. The molecule has 0 aliphatic carbocycles. The highest BCUT2D eigenvalue weighted by atomic mass is 16.2. The van der Waals surface area contributed by atoms with Crippen LogP contribution in [0.25, 0.3) is 0 Å². The van der Waals surface area contributed by atoms with Crippen LogP contribution in [0.5, 0.6) is 0 Å². The normalized spacial score (nSPS) is 19.4. The maximum absolute atomic E-state index is 13.9. The molecule has 2 aliphatic heterocycles. The SMILES string of the molecule is CC1(C)C(=O)N(C2CCN(C(=O)[C@@H](CCc3ccccc3)C(C(N)=O)C(C)(C)C)CC2)c2ccccc21. The first-order valence-electron chi connectivity index (χ1n) is 13.5. The molecule has 2 aliphatic rings. The molecule has 37 heavy (non-hydrogen) atoms. The van der Waals surface area contributed by atoms with Crippen molar-refractivity contribution in [3.8, 4) is 0 Å². The van der Waals surface area contributed by atoms with Crippen molar-refractivity contribution in [3.63, 3.8) is 0 Å². The highest BCUT2D eigenvalue weighted by Crippen LogP contribution is 2.44. The molecule has 0 radical (unpaired) electrons. The lowest BCUT2D eigenvalue weighted by Crippen LogP contribution is -2.53. The number of amides is 3. The van der Waals surface area contributed by atoms with E-state index in [9.17, 15) is 14.4 Å². The average molecular weight is 504 g/mol. The molecule has 2 heterocycles. The molecule has 3 amide bonds. The number of nitrogens with two attached hydrogens (primary N) is 1. The zero-order chi connectivity index (χ0) is 27.0. The number of primary amides is 1. The van der Waals surface area contributed by atoms with E-state index in [-0.39, 0.29) is 17.9 Å². The molecule has 2 N–H and O–H groups in total. The number of nitrogens with zero attached hydrogens (tertiary/aromatic N) is 2. The molecule has 0 spiro atoms. The van der Waals surface area contributed by atoms with Crippen LogP contribution in [0, 0.1) is 17.3 Å². The number of carbonyl (C=O) groups excluding carboxylic acids is 3. The minimum absolute atomic E-state index is 0.00147. The Hall–Kier alpha value is -3.15. The second-order valence-corrected chi connectivity index (χ2v) is 12.3. The Morgan fingerprint density at radius 1 is 1.00 bits per heavy atom. The minimum atomic E-state index is -0.561. The summed E-state index contributed by atoms with van der Waals surface area (Å²) >= 11 is 0. The number of para-hydroxylation sites is 1. The number of fused-ring (bicyclic) bond motifs is 1. The van der Waals surface area contributed by atoms with E-state index >= 15 is 0 Å². The molecule has 2 aromatic carbocycles. The van der Waals surface area contributed by atoms with Gasteiger partial charge in [-0.1, -0.05) is 69.3 Å². The van der Waals surface area contributed by atoms with Crippen LogP contribution in [0.3, 0.4) is 0 Å². The molecule has 0 aromatic heterocycles.